The van der Waals surface area contributed by atoms with E-state index in [9.17, 15) is 10.1 Å². The van der Waals surface area contributed by atoms with Crippen molar-refractivity contribution in [1.29, 1.82) is 0 Å². The molecule has 0 spiro atoms. The van der Waals surface area contributed by atoms with Gasteiger partial charge in [0.2, 0.25) is 0 Å². The summed E-state index contributed by atoms with van der Waals surface area (Å²) in [6.45, 7) is 8.90. The summed E-state index contributed by atoms with van der Waals surface area (Å²) in [6, 6.07) is 6.37. The summed E-state index contributed by atoms with van der Waals surface area (Å²) in [7, 11) is 0. The Hall–Kier alpha value is -2.12. The van der Waals surface area contributed by atoms with Gasteiger partial charge >= 0.3 is 0 Å². The van der Waals surface area contributed by atoms with E-state index in [1.54, 1.807) is 18.3 Å². The van der Waals surface area contributed by atoms with Gasteiger partial charge in [0.1, 0.15) is 0 Å². The molecule has 7 heteroatoms. The van der Waals surface area contributed by atoms with E-state index >= 15 is 0 Å². The third kappa shape index (κ3) is 2.74. The normalized spacial score (nSPS) is 36.4. The molecule has 1 aromatic rings. The van der Waals surface area contributed by atoms with Crippen LogP contribution in [0.1, 0.15) is 12.5 Å². The molecule has 2 atom stereocenters. The number of hydrogen-bond donors (Lipinski definition) is 0. The van der Waals surface area contributed by atoms with Crippen molar-refractivity contribution in [2.45, 2.75) is 6.92 Å². The van der Waals surface area contributed by atoms with Crippen LogP contribution in [0.2, 0.25) is 0 Å². The third-order valence-corrected chi connectivity index (χ3v) is 5.32. The number of nitrogens with zero attached hydrogens (tertiary/aromatic N) is 5. The second-order valence-corrected chi connectivity index (χ2v) is 7.31. The fourth-order valence-electron chi connectivity index (χ4n) is 4.34. The van der Waals surface area contributed by atoms with Gasteiger partial charge in [-0.15, -0.1) is 0 Å². The van der Waals surface area contributed by atoms with Gasteiger partial charge in [-0.1, -0.05) is 6.92 Å². The van der Waals surface area contributed by atoms with E-state index in [0.717, 1.165) is 44.8 Å². The first-order chi connectivity index (χ1) is 11.5. The zero-order chi connectivity index (χ0) is 16.7. The summed E-state index contributed by atoms with van der Waals surface area (Å²) in [5.74, 6) is 0.467. The monoisotopic (exact) mass is 327 g/mol. The molecular weight excluding hydrogens is 306 g/mol. The number of hydrogen-bond acceptors (Lipinski definition) is 6. The van der Waals surface area contributed by atoms with E-state index in [1.165, 1.54) is 17.8 Å². The Bertz CT molecular complexity index is 696. The molecule has 4 aliphatic rings. The average Bonchev–Trinajstić information content (AvgIpc) is 2.77. The third-order valence-electron chi connectivity index (χ3n) is 5.32. The highest BCUT2D eigenvalue weighted by Crippen LogP contribution is 2.38. The lowest BCUT2D eigenvalue weighted by Gasteiger charge is -2.48. The summed E-state index contributed by atoms with van der Waals surface area (Å²) < 4.78 is 0. The molecule has 126 valence electrons. The number of nitro groups is 1. The SMILES string of the molecule is CC12CN3CCN(CC(C3)/C1=N/N=C\c1ccc([N+](=O)[O-])cc1)C2. The summed E-state index contributed by atoms with van der Waals surface area (Å²) in [5, 5.41) is 19.6. The second-order valence-electron chi connectivity index (χ2n) is 7.31. The number of nitro benzene ring substituents is 1. The van der Waals surface area contributed by atoms with Gasteiger partial charge in [-0.05, 0) is 17.7 Å². The van der Waals surface area contributed by atoms with E-state index in [0.29, 0.717) is 5.92 Å². The minimum atomic E-state index is -0.399. The fourth-order valence-corrected chi connectivity index (χ4v) is 4.34. The molecule has 0 N–H and O–H groups in total. The average molecular weight is 327 g/mol. The highest BCUT2D eigenvalue weighted by Gasteiger charge is 2.49. The van der Waals surface area contributed by atoms with Gasteiger partial charge in [0.15, 0.2) is 0 Å². The quantitative estimate of drug-likeness (QED) is 0.480. The van der Waals surface area contributed by atoms with Gasteiger partial charge in [-0.2, -0.15) is 10.2 Å². The minimum absolute atomic E-state index is 0.0878. The molecule has 7 nitrogen and oxygen atoms in total. The Morgan fingerprint density at radius 1 is 1.21 bits per heavy atom. The van der Waals surface area contributed by atoms with Crippen LogP contribution in [0.4, 0.5) is 5.69 Å². The van der Waals surface area contributed by atoms with Crippen molar-refractivity contribution in [2.24, 2.45) is 21.5 Å². The van der Waals surface area contributed by atoms with Crippen LogP contribution in [0, 0.1) is 21.4 Å². The topological polar surface area (TPSA) is 74.3 Å². The molecule has 4 saturated heterocycles. The van der Waals surface area contributed by atoms with Crippen LogP contribution < -0.4 is 0 Å². The fraction of sp³-hybridized carbons (Fsp3) is 0.529. The largest absolute Gasteiger partial charge is 0.300 e. The molecule has 5 rings (SSSR count). The van der Waals surface area contributed by atoms with Crippen molar-refractivity contribution in [1.82, 2.24) is 9.80 Å². The van der Waals surface area contributed by atoms with Crippen LogP contribution in [-0.4, -0.2) is 65.9 Å². The molecule has 2 unspecified atom stereocenters. The summed E-state index contributed by atoms with van der Waals surface area (Å²) >= 11 is 0. The molecule has 24 heavy (non-hydrogen) atoms. The maximum absolute atomic E-state index is 10.7. The lowest BCUT2D eigenvalue weighted by atomic mass is 9.72. The van der Waals surface area contributed by atoms with Gasteiger partial charge < -0.3 is 9.80 Å². The zero-order valence-corrected chi connectivity index (χ0v) is 13.8. The van der Waals surface area contributed by atoms with Crippen LogP contribution in [-0.2, 0) is 0 Å². The first-order valence-corrected chi connectivity index (χ1v) is 8.34. The predicted molar refractivity (Wildman–Crippen MR) is 92.6 cm³/mol. The van der Waals surface area contributed by atoms with Gasteiger partial charge in [0, 0.05) is 62.7 Å². The lowest BCUT2D eigenvalue weighted by Crippen LogP contribution is -2.59. The molecule has 4 heterocycles. The molecule has 0 amide bonds. The Kier molecular flexibility index (Phi) is 3.69. The standard InChI is InChI=1S/C17H21N5O2/c1-17-11-20-6-7-21(12-17)10-14(9-20)16(17)19-18-8-13-2-4-15(5-3-13)22(23)24/h2-5,8,14H,6-7,9-12H2,1H3/b18-8-,19-16-. The Morgan fingerprint density at radius 2 is 1.83 bits per heavy atom. The van der Waals surface area contributed by atoms with Crippen molar-refractivity contribution in [3.05, 3.63) is 39.9 Å². The van der Waals surface area contributed by atoms with Crippen molar-refractivity contribution in [3.63, 3.8) is 0 Å². The number of piperidine rings is 2. The predicted octanol–water partition coefficient (Wildman–Crippen LogP) is 1.64. The Morgan fingerprint density at radius 3 is 2.38 bits per heavy atom. The van der Waals surface area contributed by atoms with Crippen molar-refractivity contribution < 1.29 is 4.92 Å². The van der Waals surface area contributed by atoms with E-state index in [4.69, 9.17) is 0 Å². The zero-order valence-electron chi connectivity index (χ0n) is 13.8. The molecule has 1 aromatic carbocycles. The number of rotatable bonds is 3. The maximum Gasteiger partial charge on any atom is 0.269 e. The van der Waals surface area contributed by atoms with Crippen LogP contribution in [0.15, 0.2) is 34.5 Å². The van der Waals surface area contributed by atoms with Gasteiger partial charge in [0.25, 0.3) is 5.69 Å². The van der Waals surface area contributed by atoms with Gasteiger partial charge in [0.05, 0.1) is 16.8 Å². The molecule has 0 saturated carbocycles. The Labute approximate surface area is 140 Å². The molecule has 4 aliphatic heterocycles. The highest BCUT2D eigenvalue weighted by molar-refractivity contribution is 5.95. The van der Waals surface area contributed by atoms with Crippen LogP contribution >= 0.6 is 0 Å². The number of benzene rings is 1. The molecular formula is C17H21N5O2. The Balaban J connectivity index is 1.54. The smallest absolute Gasteiger partial charge is 0.269 e. The van der Waals surface area contributed by atoms with Gasteiger partial charge in [-0.3, -0.25) is 10.1 Å². The van der Waals surface area contributed by atoms with Gasteiger partial charge in [-0.25, -0.2) is 0 Å². The molecule has 0 aromatic heterocycles. The first-order valence-electron chi connectivity index (χ1n) is 8.34. The van der Waals surface area contributed by atoms with Crippen LogP contribution in [0.5, 0.6) is 0 Å². The van der Waals surface area contributed by atoms with Crippen molar-refractivity contribution >= 4 is 17.6 Å². The highest BCUT2D eigenvalue weighted by atomic mass is 16.6. The summed E-state index contributed by atoms with van der Waals surface area (Å²) in [4.78, 5) is 15.4. The number of fused-ring (bicyclic) bond motifs is 1. The second kappa shape index (κ2) is 5.75. The maximum atomic E-state index is 10.7. The van der Waals surface area contributed by atoms with Crippen molar-refractivity contribution in [2.75, 3.05) is 39.3 Å². The van der Waals surface area contributed by atoms with Crippen LogP contribution in [0.3, 0.4) is 0 Å². The van der Waals surface area contributed by atoms with Crippen molar-refractivity contribution in [3.8, 4) is 0 Å². The summed E-state index contributed by atoms with van der Waals surface area (Å²) in [6.07, 6.45) is 1.68. The number of non-ortho nitro benzene ring substituents is 1. The lowest BCUT2D eigenvalue weighted by molar-refractivity contribution is -0.384. The first kappa shape index (κ1) is 15.4. The molecule has 0 aliphatic carbocycles. The molecule has 4 fully saturated rings. The van der Waals surface area contributed by atoms with E-state index < -0.39 is 4.92 Å². The van der Waals surface area contributed by atoms with E-state index in [1.807, 2.05) is 0 Å². The molecule has 0 radical (unpaired) electrons. The van der Waals surface area contributed by atoms with E-state index in [2.05, 4.69) is 26.9 Å². The van der Waals surface area contributed by atoms with Crippen LogP contribution in [0.25, 0.3) is 0 Å². The summed E-state index contributed by atoms with van der Waals surface area (Å²) in [5.41, 5.74) is 2.22. The van der Waals surface area contributed by atoms with E-state index in [-0.39, 0.29) is 11.1 Å². The minimum Gasteiger partial charge on any atom is -0.300 e. The molecule has 4 bridgehead atoms.